The van der Waals surface area contributed by atoms with Crippen molar-refractivity contribution in [2.24, 2.45) is 5.92 Å². The lowest BCUT2D eigenvalue weighted by molar-refractivity contribution is 0.102. The molecule has 4 heterocycles. The first-order valence-corrected chi connectivity index (χ1v) is 9.97. The Labute approximate surface area is 146 Å². The van der Waals surface area contributed by atoms with E-state index in [1.54, 1.807) is 0 Å². The van der Waals surface area contributed by atoms with Gasteiger partial charge in [0.25, 0.3) is 0 Å². The number of piperidine rings is 1. The van der Waals surface area contributed by atoms with E-state index in [0.29, 0.717) is 0 Å². The average molecular weight is 332 g/mol. The number of likely N-dealkylation sites (N-methyl/N-ethyl adjacent to an activating group) is 1. The summed E-state index contributed by atoms with van der Waals surface area (Å²) in [6.45, 7) is 9.54. The number of furan rings is 1. The summed E-state index contributed by atoms with van der Waals surface area (Å²) in [5.41, 5.74) is 0. The van der Waals surface area contributed by atoms with Gasteiger partial charge in [-0.05, 0) is 63.9 Å². The van der Waals surface area contributed by atoms with Gasteiger partial charge in [0.2, 0.25) is 0 Å². The summed E-state index contributed by atoms with van der Waals surface area (Å²) in [6, 6.07) is 5.88. The quantitative estimate of drug-likeness (QED) is 0.827. The van der Waals surface area contributed by atoms with E-state index in [2.05, 4.69) is 40.8 Å². The van der Waals surface area contributed by atoms with E-state index in [-0.39, 0.29) is 0 Å². The topological polar surface area (TPSA) is 22.9 Å². The first-order valence-electron chi connectivity index (χ1n) is 9.97. The lowest BCUT2D eigenvalue weighted by Crippen LogP contribution is -2.46. The van der Waals surface area contributed by atoms with Crippen LogP contribution in [0.4, 0.5) is 0 Å². The van der Waals surface area contributed by atoms with Crippen LogP contribution in [0.25, 0.3) is 0 Å². The minimum absolute atomic E-state index is 0.772. The van der Waals surface area contributed by atoms with Crippen LogP contribution in [0.3, 0.4) is 0 Å². The Morgan fingerprint density at radius 1 is 1.08 bits per heavy atom. The van der Waals surface area contributed by atoms with Gasteiger partial charge in [-0.15, -0.1) is 0 Å². The Bertz CT molecular complexity index is 537. The lowest BCUT2D eigenvalue weighted by Gasteiger charge is -2.37. The Morgan fingerprint density at radius 3 is 2.62 bits per heavy atom. The molecule has 1 aromatic heterocycles. The maximum Gasteiger partial charge on any atom is 0.118 e. The highest BCUT2D eigenvalue weighted by Crippen LogP contribution is 2.35. The average Bonchev–Trinajstić information content (AvgIpc) is 3.30. The highest BCUT2D eigenvalue weighted by atomic mass is 16.3. The van der Waals surface area contributed by atoms with Gasteiger partial charge in [0.1, 0.15) is 11.5 Å². The maximum absolute atomic E-state index is 5.92. The van der Waals surface area contributed by atoms with Crippen molar-refractivity contribution in [3.05, 3.63) is 23.7 Å². The number of hydrogen-bond donors (Lipinski definition) is 0. The molecule has 0 amide bonds. The molecule has 0 aliphatic carbocycles. The number of aryl methyl sites for hydroxylation is 1. The molecule has 134 valence electrons. The predicted molar refractivity (Wildman–Crippen MR) is 97.1 cm³/mol. The molecule has 3 aliphatic rings. The van der Waals surface area contributed by atoms with Crippen LogP contribution in [0.1, 0.15) is 44.1 Å². The van der Waals surface area contributed by atoms with Crippen LogP contribution in [0, 0.1) is 5.92 Å². The second-order valence-corrected chi connectivity index (χ2v) is 8.14. The monoisotopic (exact) mass is 331 g/mol. The molecule has 0 N–H and O–H groups in total. The van der Waals surface area contributed by atoms with Crippen LogP contribution in [0.5, 0.6) is 0 Å². The van der Waals surface area contributed by atoms with Crippen LogP contribution in [0.15, 0.2) is 16.5 Å². The second kappa shape index (κ2) is 7.19. The largest absolute Gasteiger partial charge is 0.465 e. The zero-order valence-corrected chi connectivity index (χ0v) is 15.4. The smallest absolute Gasteiger partial charge is 0.118 e. The van der Waals surface area contributed by atoms with Crippen LogP contribution in [-0.2, 0) is 13.0 Å². The summed E-state index contributed by atoms with van der Waals surface area (Å²) in [5.74, 6) is 3.10. The Balaban J connectivity index is 1.33. The van der Waals surface area contributed by atoms with Crippen molar-refractivity contribution in [1.29, 1.82) is 0 Å². The third kappa shape index (κ3) is 3.42. The van der Waals surface area contributed by atoms with E-state index in [4.69, 9.17) is 4.42 Å². The molecule has 1 aromatic rings. The molecule has 24 heavy (non-hydrogen) atoms. The van der Waals surface area contributed by atoms with Crippen LogP contribution >= 0.6 is 0 Å². The van der Waals surface area contributed by atoms with Gasteiger partial charge in [-0.3, -0.25) is 9.80 Å². The fourth-order valence-electron chi connectivity index (χ4n) is 5.18. The predicted octanol–water partition coefficient (Wildman–Crippen LogP) is 2.83. The molecule has 0 radical (unpaired) electrons. The number of nitrogens with zero attached hydrogens (tertiary/aromatic N) is 3. The summed E-state index contributed by atoms with van der Waals surface area (Å²) < 4.78 is 5.92. The van der Waals surface area contributed by atoms with Gasteiger partial charge >= 0.3 is 0 Å². The molecule has 3 fully saturated rings. The molecule has 4 nitrogen and oxygen atoms in total. The molecule has 0 spiro atoms. The number of fused-ring (bicyclic) bond motifs is 1. The van der Waals surface area contributed by atoms with Crippen molar-refractivity contribution in [3.63, 3.8) is 0 Å². The van der Waals surface area contributed by atoms with E-state index in [1.165, 1.54) is 58.4 Å². The molecule has 4 heteroatoms. The standard InChI is InChI=1S/C20H33N3O/c1-3-18-6-7-19(24-18)15-23-11-8-20-16(13-23)12-17(21(20)2)14-22-9-4-5-10-22/h6-7,16-17,20H,3-5,8-15H2,1-2H3/t16-,17+,20+/m0/s1. The van der Waals surface area contributed by atoms with Gasteiger partial charge in [0.15, 0.2) is 0 Å². The van der Waals surface area contributed by atoms with Crippen molar-refractivity contribution in [2.45, 2.75) is 57.7 Å². The van der Waals surface area contributed by atoms with Crippen LogP contribution in [-0.4, -0.2) is 66.6 Å². The number of hydrogen-bond acceptors (Lipinski definition) is 4. The minimum Gasteiger partial charge on any atom is -0.465 e. The van der Waals surface area contributed by atoms with E-state index in [0.717, 1.165) is 42.5 Å². The van der Waals surface area contributed by atoms with Gasteiger partial charge in [0, 0.05) is 38.1 Å². The third-order valence-electron chi connectivity index (χ3n) is 6.56. The van der Waals surface area contributed by atoms with Crippen molar-refractivity contribution >= 4 is 0 Å². The molecule has 0 aromatic carbocycles. The number of rotatable bonds is 5. The SMILES string of the molecule is CCc1ccc(CN2CC[C@@H]3[C@@H](C[C@H](CN4CCCC4)N3C)C2)o1. The first-order chi connectivity index (χ1) is 11.7. The summed E-state index contributed by atoms with van der Waals surface area (Å²) >= 11 is 0. The molecule has 3 aliphatic heterocycles. The first kappa shape index (κ1) is 16.6. The van der Waals surface area contributed by atoms with Crippen molar-refractivity contribution < 1.29 is 4.42 Å². The van der Waals surface area contributed by atoms with Crippen molar-refractivity contribution in [1.82, 2.24) is 14.7 Å². The van der Waals surface area contributed by atoms with Gasteiger partial charge < -0.3 is 9.32 Å². The van der Waals surface area contributed by atoms with Gasteiger partial charge in [-0.2, -0.15) is 0 Å². The molecule has 0 unspecified atom stereocenters. The van der Waals surface area contributed by atoms with E-state index < -0.39 is 0 Å². The van der Waals surface area contributed by atoms with E-state index in [1.807, 2.05) is 0 Å². The second-order valence-electron chi connectivity index (χ2n) is 8.14. The van der Waals surface area contributed by atoms with Gasteiger partial charge in [0.05, 0.1) is 6.54 Å². The van der Waals surface area contributed by atoms with E-state index in [9.17, 15) is 0 Å². The van der Waals surface area contributed by atoms with Crippen molar-refractivity contribution in [2.75, 3.05) is 39.8 Å². The van der Waals surface area contributed by atoms with Crippen molar-refractivity contribution in [3.8, 4) is 0 Å². The van der Waals surface area contributed by atoms with Crippen LogP contribution in [0.2, 0.25) is 0 Å². The van der Waals surface area contributed by atoms with Gasteiger partial charge in [-0.25, -0.2) is 0 Å². The Morgan fingerprint density at radius 2 is 1.88 bits per heavy atom. The normalized spacial score (nSPS) is 32.5. The highest BCUT2D eigenvalue weighted by Gasteiger charge is 2.42. The summed E-state index contributed by atoms with van der Waals surface area (Å²) in [4.78, 5) is 8.01. The molecule has 4 rings (SSSR count). The molecule has 0 bridgehead atoms. The molecule has 3 saturated heterocycles. The fraction of sp³-hybridized carbons (Fsp3) is 0.800. The summed E-state index contributed by atoms with van der Waals surface area (Å²) in [5, 5.41) is 0. The van der Waals surface area contributed by atoms with Crippen LogP contribution < -0.4 is 0 Å². The molecular formula is C20H33N3O. The zero-order valence-electron chi connectivity index (χ0n) is 15.4. The molecule has 0 saturated carbocycles. The maximum atomic E-state index is 5.92. The molecule has 3 atom stereocenters. The number of likely N-dealkylation sites (tertiary alicyclic amines) is 3. The van der Waals surface area contributed by atoms with Gasteiger partial charge in [-0.1, -0.05) is 6.92 Å². The minimum atomic E-state index is 0.772. The summed E-state index contributed by atoms with van der Waals surface area (Å²) in [6.07, 6.45) is 6.50. The fourth-order valence-corrected chi connectivity index (χ4v) is 5.18. The Kier molecular flexibility index (Phi) is 4.98. The zero-order chi connectivity index (χ0) is 16.5. The highest BCUT2D eigenvalue weighted by molar-refractivity contribution is 5.07. The lowest BCUT2D eigenvalue weighted by atomic mass is 9.92. The Hall–Kier alpha value is -0.840. The van der Waals surface area contributed by atoms with E-state index >= 15 is 0 Å². The summed E-state index contributed by atoms with van der Waals surface area (Å²) in [7, 11) is 2.38. The third-order valence-corrected chi connectivity index (χ3v) is 6.56. The molecular weight excluding hydrogens is 298 g/mol.